The van der Waals surface area contributed by atoms with E-state index < -0.39 is 35.7 Å². The Bertz CT molecular complexity index is 1330. The molecule has 1 atom stereocenters. The third kappa shape index (κ3) is 6.73. The van der Waals surface area contributed by atoms with E-state index in [2.05, 4.69) is 15.1 Å². The first-order valence-corrected chi connectivity index (χ1v) is 11.6. The molecule has 0 aliphatic carbocycles. The van der Waals surface area contributed by atoms with Crippen molar-refractivity contribution in [3.05, 3.63) is 52.6 Å². The van der Waals surface area contributed by atoms with Gasteiger partial charge in [-0.15, -0.1) is 0 Å². The fourth-order valence-electron chi connectivity index (χ4n) is 3.54. The van der Waals surface area contributed by atoms with Gasteiger partial charge in [-0.2, -0.15) is 18.2 Å². The predicted molar refractivity (Wildman–Crippen MR) is 126 cm³/mol. The van der Waals surface area contributed by atoms with Crippen LogP contribution in [0.15, 0.2) is 28.9 Å². The molecule has 0 fully saturated rings. The minimum absolute atomic E-state index is 0.0229. The maximum Gasteiger partial charge on any atom is 0.472 e. The van der Waals surface area contributed by atoms with Gasteiger partial charge in [0.2, 0.25) is 11.7 Å². The Hall–Kier alpha value is -3.81. The fourth-order valence-corrected chi connectivity index (χ4v) is 3.74. The number of hydrogen-bond donors (Lipinski definition) is 2. The standard InChI is InChI=1S/C23H22ClF5N6O3/c1-4-35(22(37)33-32-21(36)23(27,28)29)6-5-11(2)19-17(26)7-13(10-30-19)15-8-14(24)9-16(25)18(15)20-31-12(3)38-34-20/h7-11H,4-6H2,1-3H3,(H,32,36)(H,33,37). The molecular formula is C23H22ClF5N6O3. The smallest absolute Gasteiger partial charge is 0.339 e. The van der Waals surface area contributed by atoms with Crippen molar-refractivity contribution in [1.82, 2.24) is 30.9 Å². The highest BCUT2D eigenvalue weighted by molar-refractivity contribution is 6.31. The average molecular weight is 561 g/mol. The number of aryl methyl sites for hydroxylation is 1. The molecule has 204 valence electrons. The Morgan fingerprint density at radius 3 is 2.45 bits per heavy atom. The van der Waals surface area contributed by atoms with Crippen molar-refractivity contribution in [3.8, 4) is 22.5 Å². The van der Waals surface area contributed by atoms with E-state index >= 15 is 4.39 Å². The van der Waals surface area contributed by atoms with Crippen molar-refractivity contribution < 1.29 is 36.1 Å². The number of amides is 3. The van der Waals surface area contributed by atoms with E-state index in [-0.39, 0.29) is 58.6 Å². The van der Waals surface area contributed by atoms with E-state index in [9.17, 15) is 27.2 Å². The summed E-state index contributed by atoms with van der Waals surface area (Å²) in [5, 5.41) is 3.79. The molecule has 0 spiro atoms. The molecule has 1 aromatic carbocycles. The van der Waals surface area contributed by atoms with E-state index in [1.54, 1.807) is 19.3 Å². The quantitative estimate of drug-likeness (QED) is 0.305. The van der Waals surface area contributed by atoms with Crippen LogP contribution in [0, 0.1) is 18.6 Å². The summed E-state index contributed by atoms with van der Waals surface area (Å²) in [6.07, 6.45) is -3.64. The van der Waals surface area contributed by atoms with Crippen LogP contribution in [-0.4, -0.2) is 51.2 Å². The molecule has 0 aliphatic rings. The molecule has 3 aromatic rings. The van der Waals surface area contributed by atoms with Crippen molar-refractivity contribution in [2.45, 2.75) is 39.3 Å². The monoisotopic (exact) mass is 560 g/mol. The van der Waals surface area contributed by atoms with Gasteiger partial charge in [-0.1, -0.05) is 23.7 Å². The number of urea groups is 1. The lowest BCUT2D eigenvalue weighted by molar-refractivity contribution is -0.174. The number of hydrazine groups is 1. The lowest BCUT2D eigenvalue weighted by atomic mass is 9.97. The molecule has 2 aromatic heterocycles. The maximum absolute atomic E-state index is 15.1. The number of pyridine rings is 1. The van der Waals surface area contributed by atoms with Crippen LogP contribution < -0.4 is 10.9 Å². The normalized spacial score (nSPS) is 12.2. The summed E-state index contributed by atoms with van der Waals surface area (Å²) in [5.74, 6) is -4.14. The maximum atomic E-state index is 15.1. The summed E-state index contributed by atoms with van der Waals surface area (Å²) >= 11 is 6.02. The molecule has 3 amide bonds. The lowest BCUT2D eigenvalue weighted by Gasteiger charge is -2.23. The molecule has 0 radical (unpaired) electrons. The van der Waals surface area contributed by atoms with Crippen LogP contribution in [0.3, 0.4) is 0 Å². The van der Waals surface area contributed by atoms with Crippen LogP contribution in [0.1, 0.15) is 37.8 Å². The molecule has 0 saturated carbocycles. The summed E-state index contributed by atoms with van der Waals surface area (Å²) < 4.78 is 71.7. The van der Waals surface area contributed by atoms with Gasteiger partial charge in [0.1, 0.15) is 11.6 Å². The van der Waals surface area contributed by atoms with Gasteiger partial charge in [0, 0.05) is 42.7 Å². The molecule has 2 N–H and O–H groups in total. The van der Waals surface area contributed by atoms with Crippen LogP contribution in [-0.2, 0) is 4.79 Å². The third-order valence-corrected chi connectivity index (χ3v) is 5.71. The molecule has 15 heteroatoms. The zero-order valence-corrected chi connectivity index (χ0v) is 21.0. The zero-order chi connectivity index (χ0) is 28.2. The Labute approximate surface area is 218 Å². The molecule has 38 heavy (non-hydrogen) atoms. The predicted octanol–water partition coefficient (Wildman–Crippen LogP) is 5.16. The Morgan fingerprint density at radius 2 is 1.87 bits per heavy atom. The minimum Gasteiger partial charge on any atom is -0.339 e. The first kappa shape index (κ1) is 28.8. The molecule has 1 unspecified atom stereocenters. The molecule has 9 nitrogen and oxygen atoms in total. The van der Waals surface area contributed by atoms with E-state index in [4.69, 9.17) is 16.1 Å². The van der Waals surface area contributed by atoms with Crippen molar-refractivity contribution in [3.63, 3.8) is 0 Å². The van der Waals surface area contributed by atoms with Gasteiger partial charge in [0.15, 0.2) is 0 Å². The molecule has 2 heterocycles. The number of halogens is 6. The largest absolute Gasteiger partial charge is 0.472 e. The number of nitrogens with one attached hydrogen (secondary N) is 2. The van der Waals surface area contributed by atoms with Crippen LogP contribution >= 0.6 is 11.6 Å². The average Bonchev–Trinajstić information content (AvgIpc) is 3.26. The first-order chi connectivity index (χ1) is 17.8. The number of carbonyl (C=O) groups is 2. The number of hydrogen-bond acceptors (Lipinski definition) is 6. The summed E-state index contributed by atoms with van der Waals surface area (Å²) in [6, 6.07) is 2.67. The Morgan fingerprint density at radius 1 is 1.16 bits per heavy atom. The van der Waals surface area contributed by atoms with Crippen molar-refractivity contribution >= 4 is 23.5 Å². The second-order valence-corrected chi connectivity index (χ2v) is 8.63. The van der Waals surface area contributed by atoms with E-state index in [1.165, 1.54) is 24.6 Å². The Kier molecular flexibility index (Phi) is 8.86. The second-order valence-electron chi connectivity index (χ2n) is 8.19. The highest BCUT2D eigenvalue weighted by atomic mass is 35.5. The summed E-state index contributed by atoms with van der Waals surface area (Å²) in [5.41, 5.74) is 3.37. The highest BCUT2D eigenvalue weighted by Crippen LogP contribution is 2.36. The van der Waals surface area contributed by atoms with Gasteiger partial charge in [0.05, 0.1) is 11.3 Å². The van der Waals surface area contributed by atoms with Gasteiger partial charge in [-0.05, 0) is 37.1 Å². The van der Waals surface area contributed by atoms with Crippen molar-refractivity contribution in [1.29, 1.82) is 0 Å². The van der Waals surface area contributed by atoms with Crippen LogP contribution in [0.2, 0.25) is 5.02 Å². The van der Waals surface area contributed by atoms with Gasteiger partial charge in [-0.3, -0.25) is 15.2 Å². The summed E-state index contributed by atoms with van der Waals surface area (Å²) in [4.78, 5) is 32.3. The summed E-state index contributed by atoms with van der Waals surface area (Å²) in [6.45, 7) is 4.89. The number of carbonyl (C=O) groups excluding carboxylic acids is 2. The number of benzene rings is 1. The Balaban J connectivity index is 1.75. The molecular weight excluding hydrogens is 539 g/mol. The number of nitrogens with zero attached hydrogens (tertiary/aromatic N) is 4. The van der Waals surface area contributed by atoms with Gasteiger partial charge >= 0.3 is 18.1 Å². The molecule has 0 saturated heterocycles. The van der Waals surface area contributed by atoms with E-state index in [0.29, 0.717) is 0 Å². The zero-order valence-electron chi connectivity index (χ0n) is 20.3. The van der Waals surface area contributed by atoms with E-state index in [0.717, 1.165) is 17.0 Å². The third-order valence-electron chi connectivity index (χ3n) is 5.50. The molecule has 0 aliphatic heterocycles. The van der Waals surface area contributed by atoms with E-state index in [1.807, 2.05) is 0 Å². The first-order valence-electron chi connectivity index (χ1n) is 11.2. The fraction of sp³-hybridized carbons (Fsp3) is 0.348. The lowest BCUT2D eigenvalue weighted by Crippen LogP contribution is -2.52. The van der Waals surface area contributed by atoms with Gasteiger partial charge in [0.25, 0.3) is 0 Å². The topological polar surface area (TPSA) is 113 Å². The van der Waals surface area contributed by atoms with Gasteiger partial charge in [-0.25, -0.2) is 19.0 Å². The highest BCUT2D eigenvalue weighted by Gasteiger charge is 2.39. The number of rotatable bonds is 7. The number of alkyl halides is 3. The van der Waals surface area contributed by atoms with Crippen molar-refractivity contribution in [2.75, 3.05) is 13.1 Å². The SMILES string of the molecule is CCN(CCC(C)c1ncc(-c2cc(Cl)cc(F)c2-c2noc(C)n2)cc1F)C(=O)NNC(=O)C(F)(F)F. The summed E-state index contributed by atoms with van der Waals surface area (Å²) in [7, 11) is 0. The number of aromatic nitrogens is 3. The second kappa shape index (κ2) is 11.7. The van der Waals surface area contributed by atoms with Crippen LogP contribution in [0.4, 0.5) is 26.7 Å². The van der Waals surface area contributed by atoms with Crippen molar-refractivity contribution in [2.24, 2.45) is 0 Å². The molecule has 3 rings (SSSR count). The molecule has 0 bridgehead atoms. The minimum atomic E-state index is -5.16. The van der Waals surface area contributed by atoms with Crippen LogP contribution in [0.5, 0.6) is 0 Å². The van der Waals surface area contributed by atoms with Crippen LogP contribution in [0.25, 0.3) is 22.5 Å². The van der Waals surface area contributed by atoms with Gasteiger partial charge < -0.3 is 9.42 Å².